The number of aryl methyl sites for hydroxylation is 1. The molecule has 6 heteroatoms. The highest BCUT2D eigenvalue weighted by Crippen LogP contribution is 2.21. The Morgan fingerprint density at radius 1 is 1.17 bits per heavy atom. The maximum Gasteiger partial charge on any atom is 0.191 e. The lowest BCUT2D eigenvalue weighted by atomic mass is 10.1. The number of rotatable bonds is 5. The van der Waals surface area contributed by atoms with Crippen LogP contribution in [0.5, 0.6) is 0 Å². The lowest BCUT2D eigenvalue weighted by Crippen LogP contribution is -2.45. The van der Waals surface area contributed by atoms with Crippen molar-refractivity contribution in [2.45, 2.75) is 25.8 Å². The number of anilines is 1. The summed E-state index contributed by atoms with van der Waals surface area (Å²) in [5, 5.41) is 8.37. The van der Waals surface area contributed by atoms with Gasteiger partial charge in [0.2, 0.25) is 0 Å². The molecule has 1 unspecified atom stereocenters. The van der Waals surface area contributed by atoms with Crippen molar-refractivity contribution in [2.24, 2.45) is 4.99 Å². The predicted molar refractivity (Wildman–Crippen MR) is 134 cm³/mol. The van der Waals surface area contributed by atoms with E-state index >= 15 is 0 Å². The minimum atomic E-state index is 0. The summed E-state index contributed by atoms with van der Waals surface area (Å²) in [6.45, 7) is 5.09. The molecule has 1 saturated heterocycles. The molecule has 3 N–H and O–H groups in total. The molecule has 4 rings (SSSR count). The second-order valence-corrected chi connectivity index (χ2v) is 7.47. The number of aromatic amines is 1. The molecule has 3 aromatic rings. The number of hydrogen-bond acceptors (Lipinski definition) is 2. The highest BCUT2D eigenvalue weighted by molar-refractivity contribution is 14.0. The van der Waals surface area contributed by atoms with Gasteiger partial charge in [-0.3, -0.25) is 4.99 Å². The fourth-order valence-corrected chi connectivity index (χ4v) is 4.03. The number of nitrogens with one attached hydrogen (secondary N) is 3. The molecule has 2 heterocycles. The molecule has 0 radical (unpaired) electrons. The van der Waals surface area contributed by atoms with Gasteiger partial charge in [0.1, 0.15) is 0 Å². The summed E-state index contributed by atoms with van der Waals surface area (Å²) >= 11 is 0. The van der Waals surface area contributed by atoms with E-state index in [-0.39, 0.29) is 24.0 Å². The molecule has 1 aliphatic heterocycles. The Morgan fingerprint density at radius 3 is 2.79 bits per heavy atom. The Labute approximate surface area is 190 Å². The summed E-state index contributed by atoms with van der Waals surface area (Å²) in [7, 11) is 1.84. The summed E-state index contributed by atoms with van der Waals surface area (Å²) in [4.78, 5) is 10.3. The fraction of sp³-hybridized carbons (Fsp3) is 0.348. The first kappa shape index (κ1) is 21.5. The summed E-state index contributed by atoms with van der Waals surface area (Å²) < 4.78 is 0. The molecule has 1 atom stereocenters. The van der Waals surface area contributed by atoms with Crippen LogP contribution in [0.3, 0.4) is 0 Å². The van der Waals surface area contributed by atoms with E-state index in [1.54, 1.807) is 0 Å². The number of halogens is 1. The zero-order chi connectivity index (χ0) is 19.3. The molecule has 0 saturated carbocycles. The molecule has 154 valence electrons. The predicted octanol–water partition coefficient (Wildman–Crippen LogP) is 4.08. The van der Waals surface area contributed by atoms with Crippen LogP contribution in [-0.4, -0.2) is 43.7 Å². The van der Waals surface area contributed by atoms with E-state index in [2.05, 4.69) is 87.2 Å². The third-order valence-electron chi connectivity index (χ3n) is 5.57. The molecule has 2 aromatic carbocycles. The normalized spacial score (nSPS) is 16.7. The number of benzene rings is 2. The lowest BCUT2D eigenvalue weighted by molar-refractivity contribution is 0.648. The average molecular weight is 503 g/mol. The molecule has 5 nitrogen and oxygen atoms in total. The summed E-state index contributed by atoms with van der Waals surface area (Å²) in [6, 6.07) is 17.5. The molecule has 0 bridgehead atoms. The Bertz CT molecular complexity index is 950. The van der Waals surface area contributed by atoms with Crippen molar-refractivity contribution >= 4 is 46.5 Å². The van der Waals surface area contributed by atoms with Crippen LogP contribution in [-0.2, 0) is 6.42 Å². The molecule has 0 spiro atoms. The number of aromatic nitrogens is 1. The van der Waals surface area contributed by atoms with Crippen molar-refractivity contribution in [3.8, 4) is 0 Å². The van der Waals surface area contributed by atoms with Gasteiger partial charge in [-0.05, 0) is 43.0 Å². The first-order valence-corrected chi connectivity index (χ1v) is 10.1. The maximum atomic E-state index is 4.41. The Hall–Kier alpha value is -2.22. The largest absolute Gasteiger partial charge is 0.369 e. The van der Waals surface area contributed by atoms with Crippen molar-refractivity contribution in [2.75, 3.05) is 31.6 Å². The molecule has 0 aliphatic carbocycles. The van der Waals surface area contributed by atoms with Gasteiger partial charge in [0.15, 0.2) is 5.96 Å². The van der Waals surface area contributed by atoms with Crippen LogP contribution >= 0.6 is 24.0 Å². The first-order valence-electron chi connectivity index (χ1n) is 10.1. The second kappa shape index (κ2) is 10.0. The van der Waals surface area contributed by atoms with Crippen LogP contribution in [0, 0.1) is 6.92 Å². The van der Waals surface area contributed by atoms with Crippen LogP contribution in [0.25, 0.3) is 10.9 Å². The van der Waals surface area contributed by atoms with Crippen molar-refractivity contribution in [1.82, 2.24) is 15.6 Å². The van der Waals surface area contributed by atoms with Crippen LogP contribution in [0.15, 0.2) is 59.7 Å². The van der Waals surface area contributed by atoms with Crippen LogP contribution < -0.4 is 15.5 Å². The van der Waals surface area contributed by atoms with E-state index in [9.17, 15) is 0 Å². The van der Waals surface area contributed by atoms with Gasteiger partial charge in [-0.25, -0.2) is 0 Å². The quantitative estimate of drug-likeness (QED) is 0.280. The number of hydrogen-bond donors (Lipinski definition) is 3. The van der Waals surface area contributed by atoms with Crippen LogP contribution in [0.1, 0.15) is 17.5 Å². The SMILES string of the molecule is CN=C(NCCc1c[nH]c2c(C)cccc12)NC1CCN(c2ccccc2)C1.I. The molecule has 1 fully saturated rings. The minimum Gasteiger partial charge on any atom is -0.369 e. The van der Waals surface area contributed by atoms with Crippen molar-refractivity contribution in [1.29, 1.82) is 0 Å². The van der Waals surface area contributed by atoms with Gasteiger partial charge in [-0.1, -0.05) is 36.4 Å². The molecular weight excluding hydrogens is 473 g/mol. The third kappa shape index (κ3) is 5.04. The molecule has 1 aromatic heterocycles. The summed E-state index contributed by atoms with van der Waals surface area (Å²) in [5.41, 5.74) is 5.17. The van der Waals surface area contributed by atoms with Gasteiger partial charge in [-0.2, -0.15) is 0 Å². The van der Waals surface area contributed by atoms with E-state index in [1.807, 2.05) is 7.05 Å². The Balaban J connectivity index is 0.00000240. The highest BCUT2D eigenvalue weighted by Gasteiger charge is 2.23. The zero-order valence-electron chi connectivity index (χ0n) is 17.1. The van der Waals surface area contributed by atoms with E-state index in [4.69, 9.17) is 0 Å². The van der Waals surface area contributed by atoms with Crippen molar-refractivity contribution < 1.29 is 0 Å². The Kier molecular flexibility index (Phi) is 7.41. The van der Waals surface area contributed by atoms with Gasteiger partial charge in [0.05, 0.1) is 0 Å². The topological polar surface area (TPSA) is 55.5 Å². The van der Waals surface area contributed by atoms with E-state index in [1.165, 1.54) is 27.7 Å². The monoisotopic (exact) mass is 503 g/mol. The lowest BCUT2D eigenvalue weighted by Gasteiger charge is -2.20. The summed E-state index contributed by atoms with van der Waals surface area (Å²) in [5.74, 6) is 0.885. The number of H-pyrrole nitrogens is 1. The standard InChI is InChI=1S/C23H29N5.HI/c1-17-7-6-10-21-18(15-26-22(17)21)11-13-25-23(24-2)27-19-12-14-28(16-19)20-8-4-3-5-9-20;/h3-10,15,19,26H,11-14,16H2,1-2H3,(H2,24,25,27);1H. The van der Waals surface area contributed by atoms with E-state index in [0.717, 1.165) is 38.4 Å². The van der Waals surface area contributed by atoms with Gasteiger partial charge >= 0.3 is 0 Å². The Morgan fingerprint density at radius 2 is 2.00 bits per heavy atom. The number of para-hydroxylation sites is 2. The van der Waals surface area contributed by atoms with E-state index < -0.39 is 0 Å². The third-order valence-corrected chi connectivity index (χ3v) is 5.57. The maximum absolute atomic E-state index is 4.41. The van der Waals surface area contributed by atoms with Crippen molar-refractivity contribution in [3.63, 3.8) is 0 Å². The molecule has 1 aliphatic rings. The first-order chi connectivity index (χ1) is 13.7. The average Bonchev–Trinajstić information content (AvgIpc) is 3.36. The van der Waals surface area contributed by atoms with Crippen LogP contribution in [0.2, 0.25) is 0 Å². The number of aliphatic imine (C=N–C) groups is 1. The summed E-state index contributed by atoms with van der Waals surface area (Å²) in [6.07, 6.45) is 4.21. The van der Waals surface area contributed by atoms with Crippen LogP contribution in [0.4, 0.5) is 5.69 Å². The van der Waals surface area contributed by atoms with Crippen molar-refractivity contribution in [3.05, 3.63) is 65.9 Å². The van der Waals surface area contributed by atoms with Gasteiger partial charge in [-0.15, -0.1) is 24.0 Å². The highest BCUT2D eigenvalue weighted by atomic mass is 127. The van der Waals surface area contributed by atoms with Gasteiger partial charge in [0.25, 0.3) is 0 Å². The molecule has 29 heavy (non-hydrogen) atoms. The van der Waals surface area contributed by atoms with E-state index in [0.29, 0.717) is 6.04 Å². The smallest absolute Gasteiger partial charge is 0.191 e. The molecule has 0 amide bonds. The van der Waals surface area contributed by atoms with Gasteiger partial charge in [0, 0.05) is 55.5 Å². The molecular formula is C23H30IN5. The fourth-order valence-electron chi connectivity index (χ4n) is 4.03. The van der Waals surface area contributed by atoms with Gasteiger partial charge < -0.3 is 20.5 Å². The number of nitrogens with zero attached hydrogens (tertiary/aromatic N) is 2. The zero-order valence-corrected chi connectivity index (χ0v) is 19.4. The second-order valence-electron chi connectivity index (χ2n) is 7.47. The number of fused-ring (bicyclic) bond motifs is 1. The number of guanidine groups is 1. The minimum absolute atomic E-state index is 0.